The Balaban J connectivity index is 1.75. The molecule has 1 spiro atoms. The Morgan fingerprint density at radius 1 is 1.14 bits per heavy atom. The molecule has 0 unspecified atom stereocenters. The van der Waals surface area contributed by atoms with E-state index in [4.69, 9.17) is 21.1 Å². The molecule has 1 amide bonds. The van der Waals surface area contributed by atoms with Gasteiger partial charge in [0.15, 0.2) is 0 Å². The van der Waals surface area contributed by atoms with Crippen molar-refractivity contribution in [2.24, 2.45) is 0 Å². The van der Waals surface area contributed by atoms with Crippen LogP contribution in [0.5, 0.6) is 0 Å². The van der Waals surface area contributed by atoms with Gasteiger partial charge >= 0.3 is 5.97 Å². The van der Waals surface area contributed by atoms with Gasteiger partial charge in [-0.25, -0.2) is 4.79 Å². The average molecular weight is 408 g/mol. The van der Waals surface area contributed by atoms with Crippen molar-refractivity contribution in [3.8, 4) is 0 Å². The first-order chi connectivity index (χ1) is 13.3. The van der Waals surface area contributed by atoms with E-state index in [0.29, 0.717) is 24.5 Å². The molecule has 5 nitrogen and oxygen atoms in total. The quantitative estimate of drug-likeness (QED) is 0.748. The number of hydrogen-bond acceptors (Lipinski definition) is 4. The summed E-state index contributed by atoms with van der Waals surface area (Å²) in [5.74, 6) is -0.495. The number of carbonyl (C=O) groups excluding carboxylic acids is 2. The molecule has 28 heavy (non-hydrogen) atoms. The SMILES string of the molecule is CCOC(=O)C1(NC(=O)Cc2c(C)cc(Cl)cc2C)CCC2(CCCO2)CC1. The third-order valence-electron chi connectivity index (χ3n) is 6.24. The third-order valence-corrected chi connectivity index (χ3v) is 6.46. The van der Waals surface area contributed by atoms with Crippen molar-refractivity contribution in [1.82, 2.24) is 5.32 Å². The maximum absolute atomic E-state index is 12.9. The number of hydrogen-bond donors (Lipinski definition) is 1. The molecule has 2 fully saturated rings. The molecule has 0 bridgehead atoms. The zero-order valence-electron chi connectivity index (χ0n) is 17.0. The Labute approximate surface area is 172 Å². The molecule has 2 aliphatic rings. The van der Waals surface area contributed by atoms with E-state index in [9.17, 15) is 9.59 Å². The molecule has 6 heteroatoms. The molecule has 1 saturated carbocycles. The van der Waals surface area contributed by atoms with Gasteiger partial charge in [0.2, 0.25) is 5.91 Å². The van der Waals surface area contributed by atoms with Crippen LogP contribution in [-0.2, 0) is 25.5 Å². The van der Waals surface area contributed by atoms with E-state index in [0.717, 1.165) is 49.0 Å². The van der Waals surface area contributed by atoms with Crippen LogP contribution < -0.4 is 5.32 Å². The largest absolute Gasteiger partial charge is 0.464 e. The fraction of sp³-hybridized carbons (Fsp3) is 0.636. The van der Waals surface area contributed by atoms with Crippen LogP contribution in [0.2, 0.25) is 5.02 Å². The van der Waals surface area contributed by atoms with Gasteiger partial charge in [0.1, 0.15) is 5.54 Å². The molecule has 1 saturated heterocycles. The molecule has 1 aliphatic carbocycles. The minimum Gasteiger partial charge on any atom is -0.464 e. The highest BCUT2D eigenvalue weighted by Gasteiger charge is 2.50. The van der Waals surface area contributed by atoms with Crippen molar-refractivity contribution >= 4 is 23.5 Å². The first kappa shape index (κ1) is 21.1. The lowest BCUT2D eigenvalue weighted by Crippen LogP contribution is -2.59. The molecule has 1 aromatic carbocycles. The van der Waals surface area contributed by atoms with E-state index in [1.165, 1.54) is 0 Å². The Morgan fingerprint density at radius 3 is 2.32 bits per heavy atom. The molecule has 0 radical (unpaired) electrons. The van der Waals surface area contributed by atoms with E-state index in [2.05, 4.69) is 5.32 Å². The number of ether oxygens (including phenoxy) is 2. The highest BCUT2D eigenvalue weighted by atomic mass is 35.5. The highest BCUT2D eigenvalue weighted by molar-refractivity contribution is 6.30. The molecule has 0 aromatic heterocycles. The predicted octanol–water partition coefficient (Wildman–Crippen LogP) is 4.04. The van der Waals surface area contributed by atoms with Gasteiger partial charge in [-0.3, -0.25) is 4.79 Å². The maximum atomic E-state index is 12.9. The second-order valence-electron chi connectivity index (χ2n) is 8.18. The van der Waals surface area contributed by atoms with Crippen molar-refractivity contribution in [3.63, 3.8) is 0 Å². The van der Waals surface area contributed by atoms with E-state index >= 15 is 0 Å². The van der Waals surface area contributed by atoms with Crippen LogP contribution in [-0.4, -0.2) is 36.2 Å². The first-order valence-corrected chi connectivity index (χ1v) is 10.5. The van der Waals surface area contributed by atoms with Gasteiger partial charge < -0.3 is 14.8 Å². The van der Waals surface area contributed by atoms with Crippen LogP contribution in [0, 0.1) is 13.8 Å². The van der Waals surface area contributed by atoms with Crippen molar-refractivity contribution < 1.29 is 19.1 Å². The van der Waals surface area contributed by atoms with E-state index in [1.807, 2.05) is 26.0 Å². The summed E-state index contributed by atoms with van der Waals surface area (Å²) in [6, 6.07) is 3.72. The molecule has 1 aliphatic heterocycles. The number of rotatable bonds is 5. The lowest BCUT2D eigenvalue weighted by Gasteiger charge is -2.43. The summed E-state index contributed by atoms with van der Waals surface area (Å²) in [6.45, 7) is 6.77. The second kappa shape index (κ2) is 8.42. The van der Waals surface area contributed by atoms with Crippen LogP contribution in [0.25, 0.3) is 0 Å². The minimum atomic E-state index is -0.960. The van der Waals surface area contributed by atoms with Crippen molar-refractivity contribution in [2.75, 3.05) is 13.2 Å². The Kier molecular flexibility index (Phi) is 6.35. The standard InChI is InChI=1S/C22H30ClNO4/c1-4-27-20(26)22(9-7-21(8-10-22)6-5-11-28-21)24-19(25)14-18-15(2)12-17(23)13-16(18)3/h12-13H,4-11,14H2,1-3H3,(H,24,25). The molecular weight excluding hydrogens is 378 g/mol. The number of aryl methyl sites for hydroxylation is 2. The first-order valence-electron chi connectivity index (χ1n) is 10.2. The van der Waals surface area contributed by atoms with Crippen LogP contribution >= 0.6 is 11.6 Å². The predicted molar refractivity (Wildman–Crippen MR) is 109 cm³/mol. The fourth-order valence-corrected chi connectivity index (χ4v) is 4.95. The summed E-state index contributed by atoms with van der Waals surface area (Å²) in [5.41, 5.74) is 1.83. The molecule has 1 N–H and O–H groups in total. The van der Waals surface area contributed by atoms with E-state index in [1.54, 1.807) is 6.92 Å². The Hall–Kier alpha value is -1.59. The highest BCUT2D eigenvalue weighted by Crippen LogP contribution is 2.43. The normalized spacial score (nSPS) is 27.0. The van der Waals surface area contributed by atoms with E-state index in [-0.39, 0.29) is 23.9 Å². The van der Waals surface area contributed by atoms with Gasteiger partial charge in [0.25, 0.3) is 0 Å². The summed E-state index contributed by atoms with van der Waals surface area (Å²) in [6.07, 6.45) is 4.96. The van der Waals surface area contributed by atoms with Gasteiger partial charge in [0, 0.05) is 11.6 Å². The van der Waals surface area contributed by atoms with Crippen LogP contribution in [0.3, 0.4) is 0 Å². The van der Waals surface area contributed by atoms with Crippen molar-refractivity contribution in [1.29, 1.82) is 0 Å². The topological polar surface area (TPSA) is 64.6 Å². The summed E-state index contributed by atoms with van der Waals surface area (Å²) >= 11 is 6.10. The number of benzene rings is 1. The van der Waals surface area contributed by atoms with Gasteiger partial charge in [-0.15, -0.1) is 0 Å². The minimum absolute atomic E-state index is 0.121. The summed E-state index contributed by atoms with van der Waals surface area (Å²) in [4.78, 5) is 25.7. The lowest BCUT2D eigenvalue weighted by molar-refractivity contribution is -0.158. The number of carbonyl (C=O) groups is 2. The molecule has 154 valence electrons. The summed E-state index contributed by atoms with van der Waals surface area (Å²) in [7, 11) is 0. The average Bonchev–Trinajstić information content (AvgIpc) is 3.09. The number of halogens is 1. The second-order valence-corrected chi connectivity index (χ2v) is 8.62. The zero-order valence-corrected chi connectivity index (χ0v) is 17.8. The summed E-state index contributed by atoms with van der Waals surface area (Å²) in [5, 5.41) is 3.70. The van der Waals surface area contributed by atoms with Gasteiger partial charge in [-0.1, -0.05) is 11.6 Å². The Bertz CT molecular complexity index is 722. The van der Waals surface area contributed by atoms with Crippen molar-refractivity contribution in [3.05, 3.63) is 33.8 Å². The molecule has 0 atom stereocenters. The summed E-state index contributed by atoms with van der Waals surface area (Å²) < 4.78 is 11.3. The van der Waals surface area contributed by atoms with Crippen LogP contribution in [0.1, 0.15) is 62.1 Å². The van der Waals surface area contributed by atoms with Gasteiger partial charge in [-0.05, 0) is 88.1 Å². The Morgan fingerprint density at radius 2 is 1.79 bits per heavy atom. The van der Waals surface area contributed by atoms with E-state index < -0.39 is 5.54 Å². The van der Waals surface area contributed by atoms with Crippen LogP contribution in [0.15, 0.2) is 12.1 Å². The smallest absolute Gasteiger partial charge is 0.331 e. The molecule has 1 heterocycles. The number of amides is 1. The maximum Gasteiger partial charge on any atom is 0.331 e. The zero-order chi connectivity index (χ0) is 20.4. The molecular formula is C22H30ClNO4. The fourth-order valence-electron chi connectivity index (χ4n) is 4.62. The molecule has 3 rings (SSSR count). The number of esters is 1. The lowest BCUT2D eigenvalue weighted by atomic mass is 9.72. The van der Waals surface area contributed by atoms with Crippen molar-refractivity contribution in [2.45, 2.75) is 76.9 Å². The monoisotopic (exact) mass is 407 g/mol. The van der Waals surface area contributed by atoms with Gasteiger partial charge in [-0.2, -0.15) is 0 Å². The third kappa shape index (κ3) is 4.36. The molecule has 1 aromatic rings. The number of nitrogens with one attached hydrogen (secondary N) is 1. The van der Waals surface area contributed by atoms with Gasteiger partial charge in [0.05, 0.1) is 18.6 Å². The van der Waals surface area contributed by atoms with Crippen LogP contribution in [0.4, 0.5) is 0 Å².